The fourth-order valence-corrected chi connectivity index (χ4v) is 2.51. The molecule has 0 radical (unpaired) electrons. The first-order valence-electron chi connectivity index (χ1n) is 6.78. The standard InChI is InChI=1S/C13H17N5O4/c1-5(2)7(19)10-8(20)9(21)13(22-10)18-4-17-6-11(14)15-3-16-12(6)18/h3-4,8-10,13,20-21H,1-2H3,(H3,14,15,16,19)/p+1/t8-,9+,10+,13+/m0/s1. The molecule has 118 valence electrons. The molecule has 0 aliphatic carbocycles. The summed E-state index contributed by atoms with van der Waals surface area (Å²) in [5, 5.41) is 30.4. The van der Waals surface area contributed by atoms with Crippen molar-refractivity contribution in [1.82, 2.24) is 15.0 Å². The van der Waals surface area contributed by atoms with E-state index in [4.69, 9.17) is 10.5 Å². The maximum Gasteiger partial charge on any atom is 0.309 e. The van der Waals surface area contributed by atoms with Crippen LogP contribution in [0.25, 0.3) is 11.2 Å². The normalized spacial score (nSPS) is 28.2. The minimum absolute atomic E-state index is 0.0939. The van der Waals surface area contributed by atoms with Crippen LogP contribution in [-0.2, 0) is 4.74 Å². The van der Waals surface area contributed by atoms with E-state index in [2.05, 4.69) is 15.0 Å². The predicted octanol–water partition coefficient (Wildman–Crippen LogP) is -0.701. The van der Waals surface area contributed by atoms with Gasteiger partial charge in [-0.15, -0.1) is 0 Å². The summed E-state index contributed by atoms with van der Waals surface area (Å²) in [5.74, 6) is 0.170. The average Bonchev–Trinajstić information content (AvgIpc) is 3.02. The summed E-state index contributed by atoms with van der Waals surface area (Å²) in [6.45, 7) is 3.38. The SMILES string of the molecule is CC(C)=C(O)[C@H]1O[C@@H]([n+]2c[nH]c3c(N)ncnc32)[C@H](O)[C@@H]1O. The molecule has 1 aliphatic heterocycles. The Bertz CT molecular complexity index is 739. The lowest BCUT2D eigenvalue weighted by atomic mass is 10.1. The average molecular weight is 308 g/mol. The Balaban J connectivity index is 2.01. The van der Waals surface area contributed by atoms with Crippen LogP contribution in [0.2, 0.25) is 0 Å². The van der Waals surface area contributed by atoms with Gasteiger partial charge in [0.05, 0.1) is 0 Å². The number of anilines is 1. The number of allylic oxidation sites excluding steroid dienone is 1. The number of nitrogen functional groups attached to an aromatic ring is 1. The number of rotatable bonds is 2. The van der Waals surface area contributed by atoms with Crippen LogP contribution in [0.5, 0.6) is 0 Å². The van der Waals surface area contributed by atoms with Crippen LogP contribution in [-0.4, -0.2) is 48.6 Å². The second kappa shape index (κ2) is 5.20. The highest BCUT2D eigenvalue weighted by molar-refractivity contribution is 5.77. The number of nitrogens with two attached hydrogens (primary N) is 1. The van der Waals surface area contributed by atoms with Crippen molar-refractivity contribution in [3.8, 4) is 0 Å². The lowest BCUT2D eigenvalue weighted by molar-refractivity contribution is -0.744. The van der Waals surface area contributed by atoms with Crippen molar-refractivity contribution >= 4 is 17.0 Å². The van der Waals surface area contributed by atoms with Crippen molar-refractivity contribution in [2.45, 2.75) is 38.4 Å². The van der Waals surface area contributed by atoms with Gasteiger partial charge in [0.25, 0.3) is 0 Å². The second-order valence-electron chi connectivity index (χ2n) is 5.45. The summed E-state index contributed by atoms with van der Waals surface area (Å²) < 4.78 is 7.15. The second-order valence-corrected chi connectivity index (χ2v) is 5.45. The molecule has 0 aromatic carbocycles. The summed E-state index contributed by atoms with van der Waals surface area (Å²) in [4.78, 5) is 10.9. The summed E-state index contributed by atoms with van der Waals surface area (Å²) >= 11 is 0. The number of aromatic amines is 1. The smallest absolute Gasteiger partial charge is 0.309 e. The molecule has 1 fully saturated rings. The molecule has 2 aromatic heterocycles. The van der Waals surface area contributed by atoms with Gasteiger partial charge in [-0.05, 0) is 19.4 Å². The highest BCUT2D eigenvalue weighted by atomic mass is 16.6. The quantitative estimate of drug-likeness (QED) is 0.365. The molecule has 1 aliphatic rings. The minimum atomic E-state index is -1.25. The van der Waals surface area contributed by atoms with Crippen molar-refractivity contribution in [2.24, 2.45) is 0 Å². The molecule has 4 atom stereocenters. The summed E-state index contributed by atoms with van der Waals surface area (Å²) in [6, 6.07) is 0. The Hall–Kier alpha value is -2.23. The first-order valence-corrected chi connectivity index (χ1v) is 6.78. The van der Waals surface area contributed by atoms with Gasteiger partial charge in [-0.2, -0.15) is 4.98 Å². The van der Waals surface area contributed by atoms with Gasteiger partial charge in [-0.25, -0.2) is 4.57 Å². The Morgan fingerprint density at radius 1 is 1.32 bits per heavy atom. The third kappa shape index (κ3) is 2.10. The molecule has 0 unspecified atom stereocenters. The number of nitrogens with one attached hydrogen (secondary N) is 1. The topological polar surface area (TPSA) is 141 Å². The zero-order valence-electron chi connectivity index (χ0n) is 12.1. The van der Waals surface area contributed by atoms with Crippen LogP contribution in [0, 0.1) is 0 Å². The lowest BCUT2D eigenvalue weighted by Crippen LogP contribution is -2.45. The molecule has 6 N–H and O–H groups in total. The van der Waals surface area contributed by atoms with E-state index in [9.17, 15) is 15.3 Å². The van der Waals surface area contributed by atoms with Gasteiger partial charge in [0.1, 0.15) is 24.1 Å². The Labute approximate surface area is 125 Å². The molecule has 0 bridgehead atoms. The van der Waals surface area contributed by atoms with Crippen molar-refractivity contribution in [1.29, 1.82) is 0 Å². The first-order chi connectivity index (χ1) is 10.4. The molecule has 9 heteroatoms. The van der Waals surface area contributed by atoms with Crippen LogP contribution >= 0.6 is 0 Å². The van der Waals surface area contributed by atoms with Gasteiger partial charge in [0, 0.05) is 0 Å². The number of nitrogens with zero attached hydrogens (tertiary/aromatic N) is 3. The van der Waals surface area contributed by atoms with Gasteiger partial charge in [-0.3, -0.25) is 4.98 Å². The molecule has 0 spiro atoms. The lowest BCUT2D eigenvalue weighted by Gasteiger charge is -2.14. The van der Waals surface area contributed by atoms with Crippen LogP contribution in [0.3, 0.4) is 0 Å². The number of H-pyrrole nitrogens is 1. The monoisotopic (exact) mass is 308 g/mol. The molecule has 3 rings (SSSR count). The number of aliphatic hydroxyl groups excluding tert-OH is 3. The summed E-state index contributed by atoms with van der Waals surface area (Å²) in [7, 11) is 0. The van der Waals surface area contributed by atoms with E-state index < -0.39 is 24.5 Å². The van der Waals surface area contributed by atoms with E-state index in [1.54, 1.807) is 13.8 Å². The molecule has 3 heterocycles. The van der Waals surface area contributed by atoms with E-state index in [0.717, 1.165) is 0 Å². The number of fused-ring (bicyclic) bond motifs is 1. The zero-order valence-corrected chi connectivity index (χ0v) is 12.1. The van der Waals surface area contributed by atoms with Gasteiger partial charge in [0.15, 0.2) is 18.5 Å². The Kier molecular flexibility index (Phi) is 3.47. The third-order valence-corrected chi connectivity index (χ3v) is 3.74. The number of hydrogen-bond donors (Lipinski definition) is 5. The van der Waals surface area contributed by atoms with Crippen LogP contribution in [0.4, 0.5) is 5.82 Å². The Morgan fingerprint density at radius 2 is 2.05 bits per heavy atom. The molecule has 0 saturated carbocycles. The number of aliphatic hydroxyl groups is 3. The number of imidazole rings is 1. The zero-order chi connectivity index (χ0) is 16.0. The van der Waals surface area contributed by atoms with Crippen LogP contribution < -0.4 is 10.3 Å². The molecular formula is C13H18N5O4+. The van der Waals surface area contributed by atoms with Crippen molar-refractivity contribution in [3.63, 3.8) is 0 Å². The van der Waals surface area contributed by atoms with Gasteiger partial charge in [-0.1, -0.05) is 4.98 Å². The highest BCUT2D eigenvalue weighted by Crippen LogP contribution is 2.30. The van der Waals surface area contributed by atoms with Crippen molar-refractivity contribution in [2.75, 3.05) is 5.73 Å². The summed E-state index contributed by atoms with van der Waals surface area (Å²) in [5.41, 5.74) is 7.29. The fraction of sp³-hybridized carbons (Fsp3) is 0.462. The Morgan fingerprint density at radius 3 is 2.73 bits per heavy atom. The molecule has 9 nitrogen and oxygen atoms in total. The van der Waals surface area contributed by atoms with Gasteiger partial charge >= 0.3 is 5.65 Å². The van der Waals surface area contributed by atoms with Crippen LogP contribution in [0.15, 0.2) is 24.0 Å². The van der Waals surface area contributed by atoms with Crippen molar-refractivity contribution in [3.05, 3.63) is 24.0 Å². The summed E-state index contributed by atoms with van der Waals surface area (Å²) in [6.07, 6.45) is -1.57. The van der Waals surface area contributed by atoms with E-state index >= 15 is 0 Å². The van der Waals surface area contributed by atoms with Crippen molar-refractivity contribution < 1.29 is 24.6 Å². The predicted molar refractivity (Wildman–Crippen MR) is 75.4 cm³/mol. The number of aromatic nitrogens is 4. The molecule has 1 saturated heterocycles. The first kappa shape index (κ1) is 14.7. The minimum Gasteiger partial charge on any atom is -0.510 e. The molecule has 22 heavy (non-hydrogen) atoms. The van der Waals surface area contributed by atoms with E-state index in [0.29, 0.717) is 16.7 Å². The van der Waals surface area contributed by atoms with E-state index in [-0.39, 0.29) is 11.6 Å². The molecule has 2 aromatic rings. The van der Waals surface area contributed by atoms with Gasteiger partial charge in [0.2, 0.25) is 11.7 Å². The maximum absolute atomic E-state index is 10.2. The third-order valence-electron chi connectivity index (χ3n) is 3.74. The fourth-order valence-electron chi connectivity index (χ4n) is 2.51. The van der Waals surface area contributed by atoms with E-state index in [1.165, 1.54) is 17.2 Å². The highest BCUT2D eigenvalue weighted by Gasteiger charge is 2.48. The van der Waals surface area contributed by atoms with Gasteiger partial charge < -0.3 is 25.8 Å². The van der Waals surface area contributed by atoms with Crippen LogP contribution in [0.1, 0.15) is 20.1 Å². The van der Waals surface area contributed by atoms with E-state index in [1.807, 2.05) is 0 Å². The maximum atomic E-state index is 10.2. The molecule has 0 amide bonds. The number of ether oxygens (including phenoxy) is 1. The number of hydrogen-bond acceptors (Lipinski definition) is 7. The largest absolute Gasteiger partial charge is 0.510 e. The molecular weight excluding hydrogens is 290 g/mol.